The van der Waals surface area contributed by atoms with Gasteiger partial charge in [0.15, 0.2) is 0 Å². The molecule has 0 bridgehead atoms. The van der Waals surface area contributed by atoms with E-state index in [0.29, 0.717) is 6.04 Å². The quantitative estimate of drug-likeness (QED) is 0.574. The fourth-order valence-electron chi connectivity index (χ4n) is 1.28. The van der Waals surface area contributed by atoms with Crippen LogP contribution in [0.25, 0.3) is 0 Å². The van der Waals surface area contributed by atoms with Crippen molar-refractivity contribution in [1.82, 2.24) is 10.2 Å². The molecule has 13 heavy (non-hydrogen) atoms. The van der Waals surface area contributed by atoms with Crippen LogP contribution in [0, 0.1) is 0 Å². The van der Waals surface area contributed by atoms with Crippen LogP contribution < -0.4 is 5.32 Å². The molecule has 0 aliphatic heterocycles. The van der Waals surface area contributed by atoms with Crippen LogP contribution in [0.3, 0.4) is 0 Å². The first-order chi connectivity index (χ1) is 6.20. The van der Waals surface area contributed by atoms with Crippen LogP contribution in [-0.2, 0) is 4.74 Å². The average molecular weight is 188 g/mol. The van der Waals surface area contributed by atoms with E-state index in [2.05, 4.69) is 38.2 Å². The van der Waals surface area contributed by atoms with Gasteiger partial charge in [0, 0.05) is 19.2 Å². The maximum absolute atomic E-state index is 5.51. The van der Waals surface area contributed by atoms with Gasteiger partial charge in [0.1, 0.15) is 0 Å². The van der Waals surface area contributed by atoms with Gasteiger partial charge in [-0.2, -0.15) is 0 Å². The van der Waals surface area contributed by atoms with Crippen LogP contribution in [0.4, 0.5) is 0 Å². The lowest BCUT2D eigenvalue weighted by atomic mass is 10.3. The maximum Gasteiger partial charge on any atom is 0.0632 e. The second-order valence-corrected chi connectivity index (χ2v) is 3.59. The molecule has 0 heterocycles. The number of likely N-dealkylation sites (N-methyl/N-ethyl adjacent to an activating group) is 2. The zero-order valence-corrected chi connectivity index (χ0v) is 9.47. The van der Waals surface area contributed by atoms with Gasteiger partial charge in [0.25, 0.3) is 0 Å². The van der Waals surface area contributed by atoms with Crippen LogP contribution in [0.2, 0.25) is 0 Å². The molecule has 0 aromatic heterocycles. The van der Waals surface area contributed by atoms with E-state index in [1.165, 1.54) is 0 Å². The van der Waals surface area contributed by atoms with Crippen molar-refractivity contribution in [3.63, 3.8) is 0 Å². The van der Waals surface area contributed by atoms with Crippen LogP contribution in [0.1, 0.15) is 20.3 Å². The minimum atomic E-state index is 0.464. The van der Waals surface area contributed by atoms with E-state index in [-0.39, 0.29) is 0 Å². The highest BCUT2D eigenvalue weighted by Gasteiger charge is 2.07. The molecule has 0 saturated carbocycles. The van der Waals surface area contributed by atoms with Gasteiger partial charge >= 0.3 is 0 Å². The third-order valence-electron chi connectivity index (χ3n) is 1.75. The zero-order chi connectivity index (χ0) is 10.1. The SMILES string of the molecule is CCCOCC(CN(C)C)NCC. The van der Waals surface area contributed by atoms with Gasteiger partial charge in [-0.1, -0.05) is 13.8 Å². The predicted molar refractivity (Wildman–Crippen MR) is 57.1 cm³/mol. The largest absolute Gasteiger partial charge is 0.380 e. The summed E-state index contributed by atoms with van der Waals surface area (Å²) in [4.78, 5) is 2.18. The fraction of sp³-hybridized carbons (Fsp3) is 1.00. The molecule has 1 atom stereocenters. The van der Waals surface area contributed by atoms with E-state index < -0.39 is 0 Å². The van der Waals surface area contributed by atoms with Gasteiger partial charge in [-0.3, -0.25) is 0 Å². The molecule has 0 spiro atoms. The number of hydrogen-bond donors (Lipinski definition) is 1. The Kier molecular flexibility index (Phi) is 8.40. The van der Waals surface area contributed by atoms with Crippen molar-refractivity contribution in [2.24, 2.45) is 0 Å². The summed E-state index contributed by atoms with van der Waals surface area (Å²) in [6.07, 6.45) is 1.10. The molecule has 0 radical (unpaired) electrons. The van der Waals surface area contributed by atoms with E-state index in [1.54, 1.807) is 0 Å². The van der Waals surface area contributed by atoms with Gasteiger partial charge < -0.3 is 15.0 Å². The Bertz CT molecular complexity index is 107. The summed E-state index contributed by atoms with van der Waals surface area (Å²) in [5, 5.41) is 3.41. The highest BCUT2D eigenvalue weighted by Crippen LogP contribution is 1.90. The standard InChI is InChI=1S/C10H24N2O/c1-5-7-13-9-10(11-6-2)8-12(3)4/h10-11H,5-9H2,1-4H3. The van der Waals surface area contributed by atoms with Crippen molar-refractivity contribution in [3.05, 3.63) is 0 Å². The Labute approximate surface area is 82.4 Å². The maximum atomic E-state index is 5.51. The van der Waals surface area contributed by atoms with E-state index in [0.717, 1.165) is 32.7 Å². The minimum absolute atomic E-state index is 0.464. The van der Waals surface area contributed by atoms with Crippen molar-refractivity contribution >= 4 is 0 Å². The van der Waals surface area contributed by atoms with Crippen LogP contribution in [0.5, 0.6) is 0 Å². The molecule has 0 aromatic rings. The predicted octanol–water partition coefficient (Wildman–Crippen LogP) is 0.953. The monoisotopic (exact) mass is 188 g/mol. The summed E-state index contributed by atoms with van der Waals surface area (Å²) in [5.41, 5.74) is 0. The first kappa shape index (κ1) is 12.9. The molecular formula is C10H24N2O. The second kappa shape index (κ2) is 8.48. The Morgan fingerprint density at radius 1 is 1.31 bits per heavy atom. The summed E-state index contributed by atoms with van der Waals surface area (Å²) >= 11 is 0. The normalized spacial score (nSPS) is 13.6. The van der Waals surface area contributed by atoms with Crippen LogP contribution in [-0.4, -0.2) is 51.3 Å². The molecule has 0 saturated heterocycles. The lowest BCUT2D eigenvalue weighted by Gasteiger charge is -2.21. The first-order valence-corrected chi connectivity index (χ1v) is 5.16. The molecule has 0 aromatic carbocycles. The number of hydrogen-bond acceptors (Lipinski definition) is 3. The summed E-state index contributed by atoms with van der Waals surface area (Å²) in [6, 6.07) is 0.464. The van der Waals surface area contributed by atoms with Gasteiger partial charge in [0.2, 0.25) is 0 Å². The fourth-order valence-corrected chi connectivity index (χ4v) is 1.28. The summed E-state index contributed by atoms with van der Waals surface area (Å²) < 4.78 is 5.51. The first-order valence-electron chi connectivity index (χ1n) is 5.16. The number of rotatable bonds is 8. The van der Waals surface area contributed by atoms with Gasteiger partial charge in [-0.15, -0.1) is 0 Å². The van der Waals surface area contributed by atoms with Crippen molar-refractivity contribution in [2.45, 2.75) is 26.3 Å². The zero-order valence-electron chi connectivity index (χ0n) is 9.47. The van der Waals surface area contributed by atoms with Crippen LogP contribution in [0.15, 0.2) is 0 Å². The Morgan fingerprint density at radius 3 is 2.46 bits per heavy atom. The van der Waals surface area contributed by atoms with E-state index in [1.807, 2.05) is 0 Å². The lowest BCUT2D eigenvalue weighted by molar-refractivity contribution is 0.103. The molecule has 1 N–H and O–H groups in total. The van der Waals surface area contributed by atoms with Crippen molar-refractivity contribution in [2.75, 3.05) is 40.4 Å². The molecule has 3 nitrogen and oxygen atoms in total. The molecule has 0 amide bonds. The smallest absolute Gasteiger partial charge is 0.0632 e. The second-order valence-electron chi connectivity index (χ2n) is 3.59. The van der Waals surface area contributed by atoms with Crippen LogP contribution >= 0.6 is 0 Å². The average Bonchev–Trinajstić information content (AvgIpc) is 2.04. The molecule has 3 heteroatoms. The summed E-state index contributed by atoms with van der Waals surface area (Å²) in [7, 11) is 4.17. The Hall–Kier alpha value is -0.120. The molecule has 0 aliphatic rings. The molecule has 80 valence electrons. The Morgan fingerprint density at radius 2 is 2.00 bits per heavy atom. The number of ether oxygens (including phenoxy) is 1. The van der Waals surface area contributed by atoms with Gasteiger partial charge in [0.05, 0.1) is 6.61 Å². The minimum Gasteiger partial charge on any atom is -0.380 e. The highest BCUT2D eigenvalue weighted by atomic mass is 16.5. The summed E-state index contributed by atoms with van der Waals surface area (Å²) in [5.74, 6) is 0. The topological polar surface area (TPSA) is 24.5 Å². The van der Waals surface area contributed by atoms with Gasteiger partial charge in [-0.25, -0.2) is 0 Å². The lowest BCUT2D eigenvalue weighted by Crippen LogP contribution is -2.41. The molecule has 0 aliphatic carbocycles. The number of nitrogens with zero attached hydrogens (tertiary/aromatic N) is 1. The van der Waals surface area contributed by atoms with Crippen molar-refractivity contribution in [1.29, 1.82) is 0 Å². The molecule has 0 fully saturated rings. The third-order valence-corrected chi connectivity index (χ3v) is 1.75. The van der Waals surface area contributed by atoms with E-state index >= 15 is 0 Å². The van der Waals surface area contributed by atoms with Gasteiger partial charge in [-0.05, 0) is 27.1 Å². The highest BCUT2D eigenvalue weighted by molar-refractivity contribution is 4.67. The molecular weight excluding hydrogens is 164 g/mol. The van der Waals surface area contributed by atoms with E-state index in [9.17, 15) is 0 Å². The third kappa shape index (κ3) is 8.22. The number of nitrogens with one attached hydrogen (secondary N) is 1. The van der Waals surface area contributed by atoms with Crippen molar-refractivity contribution in [3.8, 4) is 0 Å². The Balaban J connectivity index is 3.53. The van der Waals surface area contributed by atoms with E-state index in [4.69, 9.17) is 4.74 Å². The summed E-state index contributed by atoms with van der Waals surface area (Å²) in [6.45, 7) is 8.00. The molecule has 0 rings (SSSR count). The van der Waals surface area contributed by atoms with Crippen molar-refractivity contribution < 1.29 is 4.74 Å². The molecule has 1 unspecified atom stereocenters.